The lowest BCUT2D eigenvalue weighted by Crippen LogP contribution is -2.43. The number of carbonyl (C=O) groups is 1. The van der Waals surface area contributed by atoms with Crippen molar-refractivity contribution in [1.82, 2.24) is 8.87 Å². The van der Waals surface area contributed by atoms with Crippen LogP contribution in [0.4, 0.5) is 23.2 Å². The lowest BCUT2D eigenvalue weighted by Gasteiger charge is -2.27. The van der Waals surface area contributed by atoms with Gasteiger partial charge in [0.15, 0.2) is 0 Å². The first kappa shape index (κ1) is 23.2. The predicted molar refractivity (Wildman–Crippen MR) is 103 cm³/mol. The number of alkyl halides is 3. The van der Waals surface area contributed by atoms with E-state index in [1.165, 1.54) is 26.1 Å². The molecule has 6 nitrogen and oxygen atoms in total. The van der Waals surface area contributed by atoms with Crippen LogP contribution >= 0.6 is 0 Å². The summed E-state index contributed by atoms with van der Waals surface area (Å²) < 4.78 is 79.5. The number of benzene rings is 1. The Morgan fingerprint density at radius 2 is 1.97 bits per heavy atom. The Morgan fingerprint density at radius 1 is 1.33 bits per heavy atom. The highest BCUT2D eigenvalue weighted by Gasteiger charge is 2.44. The van der Waals surface area contributed by atoms with Crippen molar-refractivity contribution < 1.29 is 30.8 Å². The molecule has 1 atom stereocenters. The van der Waals surface area contributed by atoms with Gasteiger partial charge in [0.25, 0.3) is 15.9 Å². The summed E-state index contributed by atoms with van der Waals surface area (Å²) in [5.41, 5.74) is 2.47. The lowest BCUT2D eigenvalue weighted by molar-refractivity contribution is -0.161. The molecule has 0 fully saturated rings. The number of sulfonamides is 1. The van der Waals surface area contributed by atoms with Crippen molar-refractivity contribution in [3.63, 3.8) is 0 Å². The zero-order chi connectivity index (χ0) is 22.9. The van der Waals surface area contributed by atoms with Crippen LogP contribution in [0.2, 0.25) is 0 Å². The molecule has 1 amide bonds. The Kier molecular flexibility index (Phi) is 6.48. The molecule has 0 radical (unpaired) electrons. The zero-order valence-corrected chi connectivity index (χ0v) is 17.1. The average molecular weight is 445 g/mol. The van der Waals surface area contributed by atoms with Crippen molar-refractivity contribution in [2.75, 3.05) is 5.32 Å². The van der Waals surface area contributed by atoms with Crippen molar-refractivity contribution in [2.45, 2.75) is 31.0 Å². The monoisotopic (exact) mass is 445 g/mol. The van der Waals surface area contributed by atoms with Gasteiger partial charge in [0, 0.05) is 18.9 Å². The van der Waals surface area contributed by atoms with Gasteiger partial charge in [0.2, 0.25) is 0 Å². The van der Waals surface area contributed by atoms with Crippen LogP contribution in [0.25, 0.3) is 0 Å². The van der Waals surface area contributed by atoms with Gasteiger partial charge in [-0.05, 0) is 43.7 Å². The molecule has 0 aliphatic rings. The maximum atomic E-state index is 13.4. The number of hydrogen-bond acceptors (Lipinski definition) is 3. The summed E-state index contributed by atoms with van der Waals surface area (Å²) in [6, 6.07) is 2.44. The summed E-state index contributed by atoms with van der Waals surface area (Å²) in [5.74, 6) is -1.19. The lowest BCUT2D eigenvalue weighted by atomic mass is 10.2. The molecule has 30 heavy (non-hydrogen) atoms. The fraction of sp³-hybridized carbons (Fsp3) is 0.263. The van der Waals surface area contributed by atoms with E-state index in [9.17, 15) is 30.8 Å². The Hall–Kier alpha value is -3.04. The minimum atomic E-state index is -4.84. The zero-order valence-electron chi connectivity index (χ0n) is 16.3. The minimum Gasteiger partial charge on any atom is -0.345 e. The van der Waals surface area contributed by atoms with Crippen molar-refractivity contribution >= 4 is 21.6 Å². The molecule has 1 heterocycles. The van der Waals surface area contributed by atoms with Crippen LogP contribution in [0.5, 0.6) is 0 Å². The van der Waals surface area contributed by atoms with Gasteiger partial charge in [-0.3, -0.25) is 9.10 Å². The fourth-order valence-corrected chi connectivity index (χ4v) is 4.11. The van der Waals surface area contributed by atoms with E-state index < -0.39 is 38.9 Å². The summed E-state index contributed by atoms with van der Waals surface area (Å²) >= 11 is 0. The minimum absolute atomic E-state index is 0.0837. The van der Waals surface area contributed by atoms with Crippen molar-refractivity contribution in [3.8, 4) is 0 Å². The highest BCUT2D eigenvalue weighted by atomic mass is 32.2. The molecule has 0 spiro atoms. The number of aromatic nitrogens is 1. The van der Waals surface area contributed by atoms with E-state index in [0.29, 0.717) is 13.1 Å². The molecule has 1 aromatic heterocycles. The Balaban J connectivity index is 2.40. The van der Waals surface area contributed by atoms with E-state index in [-0.39, 0.29) is 21.2 Å². The summed E-state index contributed by atoms with van der Waals surface area (Å²) in [6.07, 6.45) is -3.23. The van der Waals surface area contributed by atoms with Gasteiger partial charge in [-0.1, -0.05) is 6.58 Å². The first-order valence-corrected chi connectivity index (χ1v) is 9.93. The molecule has 1 aromatic carbocycles. The molecule has 1 N–H and O–H groups in total. The predicted octanol–water partition coefficient (Wildman–Crippen LogP) is 3.97. The van der Waals surface area contributed by atoms with Crippen LogP contribution in [0.3, 0.4) is 0 Å². The highest BCUT2D eigenvalue weighted by Crippen LogP contribution is 2.30. The molecule has 0 aliphatic heterocycles. The molecular weight excluding hydrogens is 426 g/mol. The van der Waals surface area contributed by atoms with Crippen LogP contribution in [0.15, 0.2) is 53.9 Å². The van der Waals surface area contributed by atoms with Crippen molar-refractivity contribution in [3.05, 3.63) is 66.0 Å². The smallest absolute Gasteiger partial charge is 0.345 e. The van der Waals surface area contributed by atoms with Crippen LogP contribution < -0.4 is 5.32 Å². The highest BCUT2D eigenvalue weighted by molar-refractivity contribution is 7.89. The average Bonchev–Trinajstić information content (AvgIpc) is 3.04. The summed E-state index contributed by atoms with van der Waals surface area (Å²) in [4.78, 5) is 12.0. The standard InChI is InChI=1S/C19H19F4N3O3S/c1-5-8-26(13(3)19(21,22)23)30(28,29)15-10-17(25(4)11-15)18(27)24-14-6-7-16(20)12(2)9-14/h6-11,13H,1H2,2-4H3,(H,24,27)/t13-/m1/s1. The van der Waals surface area contributed by atoms with Crippen LogP contribution in [-0.2, 0) is 17.1 Å². The van der Waals surface area contributed by atoms with Gasteiger partial charge in [-0.2, -0.15) is 13.2 Å². The Labute approximate surface area is 171 Å². The number of nitrogens with one attached hydrogen (secondary N) is 1. The molecule has 2 rings (SSSR count). The third-order valence-electron chi connectivity index (χ3n) is 4.28. The number of hydrogen-bond donors (Lipinski definition) is 1. The SMILES string of the molecule is C=C=CN([C@H](C)C(F)(F)F)S(=O)(=O)c1cc(C(=O)Nc2ccc(F)c(C)c2)n(C)c1. The van der Waals surface area contributed by atoms with E-state index in [2.05, 4.69) is 11.9 Å². The molecule has 2 aromatic rings. The van der Waals surface area contributed by atoms with E-state index >= 15 is 0 Å². The second-order valence-corrected chi connectivity index (χ2v) is 8.32. The van der Waals surface area contributed by atoms with E-state index in [0.717, 1.165) is 22.9 Å². The summed E-state index contributed by atoms with van der Waals surface area (Å²) in [5, 5.41) is 2.49. The maximum absolute atomic E-state index is 13.4. The number of aryl methyl sites for hydroxylation is 2. The number of anilines is 1. The van der Waals surface area contributed by atoms with Gasteiger partial charge in [-0.15, -0.1) is 5.73 Å². The maximum Gasteiger partial charge on any atom is 0.409 e. The molecule has 0 saturated heterocycles. The number of nitrogens with zero attached hydrogens (tertiary/aromatic N) is 2. The van der Waals surface area contributed by atoms with E-state index in [4.69, 9.17) is 0 Å². The van der Waals surface area contributed by atoms with E-state index in [1.807, 2.05) is 5.73 Å². The van der Waals surface area contributed by atoms with Gasteiger partial charge < -0.3 is 9.88 Å². The van der Waals surface area contributed by atoms with Crippen LogP contribution in [-0.4, -0.2) is 35.4 Å². The largest absolute Gasteiger partial charge is 0.409 e. The van der Waals surface area contributed by atoms with Gasteiger partial charge in [0.1, 0.15) is 22.4 Å². The van der Waals surface area contributed by atoms with Gasteiger partial charge in [-0.25, -0.2) is 12.8 Å². The van der Waals surface area contributed by atoms with Gasteiger partial charge >= 0.3 is 6.18 Å². The fourth-order valence-electron chi connectivity index (χ4n) is 2.56. The molecule has 162 valence electrons. The normalized spacial score (nSPS) is 12.8. The van der Waals surface area contributed by atoms with Crippen LogP contribution in [0, 0.1) is 12.7 Å². The number of rotatable bonds is 6. The summed E-state index contributed by atoms with van der Waals surface area (Å²) in [6.45, 7) is 5.31. The summed E-state index contributed by atoms with van der Waals surface area (Å²) in [7, 11) is -3.30. The van der Waals surface area contributed by atoms with E-state index in [1.54, 1.807) is 0 Å². The van der Waals surface area contributed by atoms with Gasteiger partial charge in [0.05, 0.1) is 6.20 Å². The topological polar surface area (TPSA) is 71.4 Å². The molecule has 0 aliphatic carbocycles. The molecule has 0 saturated carbocycles. The van der Waals surface area contributed by atoms with Crippen molar-refractivity contribution in [2.24, 2.45) is 7.05 Å². The Morgan fingerprint density at radius 3 is 2.50 bits per heavy atom. The first-order chi connectivity index (χ1) is 13.8. The van der Waals surface area contributed by atoms with Crippen LogP contribution in [0.1, 0.15) is 23.0 Å². The second kappa shape index (κ2) is 8.37. The molecular formula is C19H19F4N3O3S. The quantitative estimate of drug-likeness (QED) is 0.540. The second-order valence-electron chi connectivity index (χ2n) is 6.48. The molecule has 0 bridgehead atoms. The number of carbonyl (C=O) groups excluding carboxylic acids is 1. The number of halogens is 4. The first-order valence-electron chi connectivity index (χ1n) is 8.49. The van der Waals surface area contributed by atoms with Crippen molar-refractivity contribution in [1.29, 1.82) is 0 Å². The third kappa shape index (κ3) is 4.74. The number of amides is 1. The molecule has 0 unspecified atom stereocenters. The molecule has 11 heteroatoms. The Bertz CT molecular complexity index is 1120. The third-order valence-corrected chi connectivity index (χ3v) is 6.07.